The molecule has 0 aromatic heterocycles. The highest BCUT2D eigenvalue weighted by atomic mass is 16.5. The Kier molecular flexibility index (Phi) is 4.41. The topological polar surface area (TPSA) is 67.2 Å². The molecule has 0 N–H and O–H groups in total. The largest absolute Gasteiger partial charge is 0.462 e. The van der Waals surface area contributed by atoms with Crippen molar-refractivity contribution in [3.05, 3.63) is 34.9 Å². The molecule has 1 aromatic rings. The lowest BCUT2D eigenvalue weighted by Gasteiger charge is -2.05. The zero-order chi connectivity index (χ0) is 12.8. The predicted octanol–water partition coefficient (Wildman–Crippen LogP) is 2.33. The van der Waals surface area contributed by atoms with Crippen LogP contribution in [0, 0.1) is 11.3 Å². The van der Waals surface area contributed by atoms with Crippen LogP contribution in [0.15, 0.2) is 18.2 Å². The first-order chi connectivity index (χ1) is 8.13. The quantitative estimate of drug-likeness (QED) is 0.589. The normalized spacial score (nSPS) is 9.47. The van der Waals surface area contributed by atoms with E-state index in [0.717, 1.165) is 0 Å². The Morgan fingerprint density at radius 3 is 2.59 bits per heavy atom. The van der Waals surface area contributed by atoms with Crippen molar-refractivity contribution in [2.45, 2.75) is 20.3 Å². The lowest BCUT2D eigenvalue weighted by Crippen LogP contribution is -2.09. The summed E-state index contributed by atoms with van der Waals surface area (Å²) in [5.41, 5.74) is 0.791. The second-order valence-corrected chi connectivity index (χ2v) is 3.37. The Morgan fingerprint density at radius 1 is 1.35 bits per heavy atom. The number of nitriles is 1. The molecule has 0 saturated carbocycles. The van der Waals surface area contributed by atoms with Gasteiger partial charge in [0.1, 0.15) is 6.07 Å². The van der Waals surface area contributed by atoms with Gasteiger partial charge in [0.25, 0.3) is 0 Å². The first kappa shape index (κ1) is 12.9. The number of Topliss-reactive ketones (excluding diaryl/α,β-unsaturated/α-hetero) is 1. The first-order valence-corrected chi connectivity index (χ1v) is 5.38. The number of benzene rings is 1. The van der Waals surface area contributed by atoms with Crippen LogP contribution < -0.4 is 0 Å². The highest BCUT2D eigenvalue weighted by Gasteiger charge is 2.15. The highest BCUT2D eigenvalue weighted by Crippen LogP contribution is 2.14. The fourth-order valence-electron chi connectivity index (χ4n) is 1.40. The van der Waals surface area contributed by atoms with Gasteiger partial charge in [-0.1, -0.05) is 13.0 Å². The smallest absolute Gasteiger partial charge is 0.339 e. The van der Waals surface area contributed by atoms with Crippen molar-refractivity contribution >= 4 is 11.8 Å². The third-order valence-electron chi connectivity index (χ3n) is 2.28. The zero-order valence-electron chi connectivity index (χ0n) is 9.82. The van der Waals surface area contributed by atoms with E-state index in [4.69, 9.17) is 10.00 Å². The molecule has 0 atom stereocenters. The van der Waals surface area contributed by atoms with Crippen molar-refractivity contribution in [3.8, 4) is 6.07 Å². The number of rotatable bonds is 4. The van der Waals surface area contributed by atoms with Gasteiger partial charge in [-0.3, -0.25) is 4.79 Å². The van der Waals surface area contributed by atoms with Gasteiger partial charge in [-0.25, -0.2) is 4.79 Å². The van der Waals surface area contributed by atoms with E-state index in [2.05, 4.69) is 0 Å². The summed E-state index contributed by atoms with van der Waals surface area (Å²) in [6.45, 7) is 3.66. The highest BCUT2D eigenvalue weighted by molar-refractivity contribution is 6.00. The van der Waals surface area contributed by atoms with Crippen LogP contribution in [0.4, 0.5) is 0 Å². The van der Waals surface area contributed by atoms with E-state index in [0.29, 0.717) is 12.0 Å². The second-order valence-electron chi connectivity index (χ2n) is 3.37. The van der Waals surface area contributed by atoms with E-state index < -0.39 is 5.97 Å². The van der Waals surface area contributed by atoms with Crippen molar-refractivity contribution in [3.63, 3.8) is 0 Å². The molecule has 4 nitrogen and oxygen atoms in total. The van der Waals surface area contributed by atoms with Crippen molar-refractivity contribution in [2.24, 2.45) is 0 Å². The molecule has 0 radical (unpaired) electrons. The molecule has 88 valence electrons. The monoisotopic (exact) mass is 231 g/mol. The molecule has 4 heteroatoms. The number of carbonyl (C=O) groups excluding carboxylic acids is 2. The summed E-state index contributed by atoms with van der Waals surface area (Å²) in [6.07, 6.45) is 0.355. The van der Waals surface area contributed by atoms with Gasteiger partial charge >= 0.3 is 5.97 Å². The molecule has 0 aliphatic carbocycles. The SMILES string of the molecule is CCOC(=O)c1cc(C(=O)CC)ccc1C#N. The van der Waals surface area contributed by atoms with Gasteiger partial charge in [0.05, 0.1) is 17.7 Å². The third kappa shape index (κ3) is 2.91. The maximum atomic E-state index is 11.6. The van der Waals surface area contributed by atoms with Crippen LogP contribution in [0.5, 0.6) is 0 Å². The van der Waals surface area contributed by atoms with E-state index in [1.54, 1.807) is 19.9 Å². The van der Waals surface area contributed by atoms with Gasteiger partial charge < -0.3 is 4.74 Å². The average Bonchev–Trinajstić information content (AvgIpc) is 2.37. The first-order valence-electron chi connectivity index (χ1n) is 5.38. The molecular weight excluding hydrogens is 218 g/mol. The molecule has 0 fully saturated rings. The molecule has 0 saturated heterocycles. The Bertz CT molecular complexity index is 486. The van der Waals surface area contributed by atoms with E-state index in [9.17, 15) is 9.59 Å². The van der Waals surface area contributed by atoms with E-state index in [-0.39, 0.29) is 23.5 Å². The maximum absolute atomic E-state index is 11.6. The Hall–Kier alpha value is -2.15. The zero-order valence-corrected chi connectivity index (χ0v) is 9.82. The number of ether oxygens (including phenoxy) is 1. The minimum absolute atomic E-state index is 0.0694. The molecule has 17 heavy (non-hydrogen) atoms. The van der Waals surface area contributed by atoms with E-state index in [1.807, 2.05) is 6.07 Å². The van der Waals surface area contributed by atoms with Gasteiger partial charge in [0, 0.05) is 12.0 Å². The van der Waals surface area contributed by atoms with Gasteiger partial charge in [0.2, 0.25) is 0 Å². The average molecular weight is 231 g/mol. The number of hydrogen-bond donors (Lipinski definition) is 0. The summed E-state index contributed by atoms with van der Waals surface area (Å²) < 4.78 is 4.84. The standard InChI is InChI=1S/C13H13NO3/c1-3-12(15)9-5-6-10(8-14)11(7-9)13(16)17-4-2/h5-7H,3-4H2,1-2H3. The molecule has 0 amide bonds. The summed E-state index contributed by atoms with van der Waals surface area (Å²) >= 11 is 0. The van der Waals surface area contributed by atoms with Gasteiger partial charge in [-0.15, -0.1) is 0 Å². The summed E-state index contributed by atoms with van der Waals surface area (Å²) in [7, 11) is 0. The van der Waals surface area contributed by atoms with Crippen LogP contribution in [0.25, 0.3) is 0 Å². The minimum atomic E-state index is -0.574. The Labute approximate surface area is 99.8 Å². The summed E-state index contributed by atoms with van der Waals surface area (Å²) in [4.78, 5) is 23.1. The van der Waals surface area contributed by atoms with Gasteiger partial charge in [-0.2, -0.15) is 5.26 Å². The van der Waals surface area contributed by atoms with Crippen LogP contribution in [0.3, 0.4) is 0 Å². The number of nitrogens with zero attached hydrogens (tertiary/aromatic N) is 1. The summed E-state index contributed by atoms with van der Waals surface area (Å²) in [5, 5.41) is 8.88. The molecule has 0 unspecified atom stereocenters. The third-order valence-corrected chi connectivity index (χ3v) is 2.28. The van der Waals surface area contributed by atoms with E-state index >= 15 is 0 Å². The molecule has 1 aromatic carbocycles. The second kappa shape index (κ2) is 5.80. The predicted molar refractivity (Wildman–Crippen MR) is 61.7 cm³/mol. The van der Waals surface area contributed by atoms with Crippen molar-refractivity contribution in [1.82, 2.24) is 0 Å². The lowest BCUT2D eigenvalue weighted by atomic mass is 10.0. The summed E-state index contributed by atoms with van der Waals surface area (Å²) in [5.74, 6) is -0.644. The Balaban J connectivity index is 3.21. The van der Waals surface area contributed by atoms with Crippen molar-refractivity contribution < 1.29 is 14.3 Å². The van der Waals surface area contributed by atoms with Gasteiger partial charge in [0.15, 0.2) is 5.78 Å². The molecule has 0 heterocycles. The molecular formula is C13H13NO3. The number of ketones is 1. The molecule has 1 rings (SSSR count). The van der Waals surface area contributed by atoms with Crippen LogP contribution >= 0.6 is 0 Å². The lowest BCUT2D eigenvalue weighted by molar-refractivity contribution is 0.0526. The fourth-order valence-corrected chi connectivity index (χ4v) is 1.40. The van der Waals surface area contributed by atoms with Gasteiger partial charge in [-0.05, 0) is 19.1 Å². The van der Waals surface area contributed by atoms with Crippen LogP contribution in [0.1, 0.15) is 46.5 Å². The van der Waals surface area contributed by atoms with Crippen LogP contribution in [-0.2, 0) is 4.74 Å². The Morgan fingerprint density at radius 2 is 2.06 bits per heavy atom. The number of hydrogen-bond acceptors (Lipinski definition) is 4. The van der Waals surface area contributed by atoms with Crippen molar-refractivity contribution in [2.75, 3.05) is 6.61 Å². The molecule has 0 aliphatic heterocycles. The fraction of sp³-hybridized carbons (Fsp3) is 0.308. The molecule has 0 spiro atoms. The van der Waals surface area contributed by atoms with E-state index in [1.165, 1.54) is 12.1 Å². The van der Waals surface area contributed by atoms with Crippen LogP contribution in [-0.4, -0.2) is 18.4 Å². The molecule has 0 bridgehead atoms. The number of esters is 1. The van der Waals surface area contributed by atoms with Crippen LogP contribution in [0.2, 0.25) is 0 Å². The maximum Gasteiger partial charge on any atom is 0.339 e. The summed E-state index contributed by atoms with van der Waals surface area (Å²) in [6, 6.07) is 6.34. The van der Waals surface area contributed by atoms with Crippen molar-refractivity contribution in [1.29, 1.82) is 5.26 Å². The minimum Gasteiger partial charge on any atom is -0.462 e. The number of carbonyl (C=O) groups is 2. The molecule has 0 aliphatic rings.